The summed E-state index contributed by atoms with van der Waals surface area (Å²) < 4.78 is 5.11. The third kappa shape index (κ3) is 3.82. The zero-order valence-corrected chi connectivity index (χ0v) is 14.0. The second-order valence-corrected chi connectivity index (χ2v) is 5.70. The Kier molecular flexibility index (Phi) is 4.74. The van der Waals surface area contributed by atoms with E-state index in [0.29, 0.717) is 24.2 Å². The van der Waals surface area contributed by atoms with Crippen LogP contribution in [0, 0.1) is 13.8 Å². The van der Waals surface area contributed by atoms with E-state index in [0.717, 1.165) is 22.6 Å². The molecule has 0 bridgehead atoms. The maximum Gasteiger partial charge on any atom is 0.264 e. The molecule has 0 aliphatic heterocycles. The Morgan fingerprint density at radius 1 is 1.20 bits per heavy atom. The molecule has 2 N–H and O–H groups in total. The zero-order valence-electron chi connectivity index (χ0n) is 14.0. The summed E-state index contributed by atoms with van der Waals surface area (Å²) in [6, 6.07) is 10.3. The SMILES string of the molecule is Cc1noc(C)c1CCC(=O)Nc1ccccc1-c1ccc(=O)[nH]n1. The van der Waals surface area contributed by atoms with Crippen molar-refractivity contribution < 1.29 is 9.32 Å². The van der Waals surface area contributed by atoms with Crippen molar-refractivity contribution in [2.45, 2.75) is 26.7 Å². The fraction of sp³-hybridized carbons (Fsp3) is 0.222. The van der Waals surface area contributed by atoms with Crippen molar-refractivity contribution in [1.29, 1.82) is 0 Å². The van der Waals surface area contributed by atoms with Gasteiger partial charge in [-0.05, 0) is 32.4 Å². The van der Waals surface area contributed by atoms with E-state index in [1.54, 1.807) is 12.1 Å². The van der Waals surface area contributed by atoms with Crippen molar-refractivity contribution in [2.75, 3.05) is 5.32 Å². The van der Waals surface area contributed by atoms with Crippen molar-refractivity contribution >= 4 is 11.6 Å². The number of nitrogens with one attached hydrogen (secondary N) is 2. The first-order chi connectivity index (χ1) is 12.0. The molecule has 7 nitrogen and oxygen atoms in total. The fourth-order valence-electron chi connectivity index (χ4n) is 2.62. The van der Waals surface area contributed by atoms with Gasteiger partial charge in [0.15, 0.2) is 0 Å². The Morgan fingerprint density at radius 2 is 2.00 bits per heavy atom. The number of carbonyl (C=O) groups excluding carboxylic acids is 1. The molecule has 0 aliphatic carbocycles. The number of hydrogen-bond donors (Lipinski definition) is 2. The van der Waals surface area contributed by atoms with Crippen LogP contribution in [-0.2, 0) is 11.2 Å². The number of aryl methyl sites for hydroxylation is 2. The van der Waals surface area contributed by atoms with Gasteiger partial charge in [0.05, 0.1) is 17.1 Å². The van der Waals surface area contributed by atoms with Gasteiger partial charge in [-0.3, -0.25) is 9.59 Å². The van der Waals surface area contributed by atoms with Gasteiger partial charge in [0.2, 0.25) is 5.91 Å². The molecule has 2 aromatic heterocycles. The van der Waals surface area contributed by atoms with Gasteiger partial charge in [0, 0.05) is 23.6 Å². The number of aromatic nitrogens is 3. The first-order valence-electron chi connectivity index (χ1n) is 7.91. The minimum absolute atomic E-state index is 0.114. The number of rotatable bonds is 5. The minimum atomic E-state index is -0.273. The normalized spacial score (nSPS) is 10.6. The standard InChI is InChI=1S/C18H18N4O3/c1-11-13(12(2)25-22-11)7-9-17(23)19-15-6-4-3-5-14(15)16-8-10-18(24)21-20-16/h3-6,8,10H,7,9H2,1-2H3,(H,19,23)(H,21,24). The Bertz CT molecular complexity index is 919. The second kappa shape index (κ2) is 7.12. The molecule has 0 saturated heterocycles. The summed E-state index contributed by atoms with van der Waals surface area (Å²) in [5.74, 6) is 0.625. The van der Waals surface area contributed by atoms with Gasteiger partial charge in [-0.2, -0.15) is 5.10 Å². The highest BCUT2D eigenvalue weighted by Crippen LogP contribution is 2.25. The number of benzene rings is 1. The number of H-pyrrole nitrogens is 1. The lowest BCUT2D eigenvalue weighted by Gasteiger charge is -2.10. The van der Waals surface area contributed by atoms with Gasteiger partial charge in [-0.1, -0.05) is 23.4 Å². The summed E-state index contributed by atoms with van der Waals surface area (Å²) in [5.41, 5.74) is 3.47. The molecular formula is C18H18N4O3. The molecule has 0 fully saturated rings. The summed E-state index contributed by atoms with van der Waals surface area (Å²) in [6.45, 7) is 3.70. The summed E-state index contributed by atoms with van der Waals surface area (Å²) in [6.07, 6.45) is 0.877. The Morgan fingerprint density at radius 3 is 2.68 bits per heavy atom. The van der Waals surface area contributed by atoms with E-state index < -0.39 is 0 Å². The highest BCUT2D eigenvalue weighted by atomic mass is 16.5. The van der Waals surface area contributed by atoms with Crippen LogP contribution in [0.3, 0.4) is 0 Å². The van der Waals surface area contributed by atoms with Gasteiger partial charge < -0.3 is 9.84 Å². The smallest absolute Gasteiger partial charge is 0.264 e. The number of para-hydroxylation sites is 1. The van der Waals surface area contributed by atoms with Gasteiger partial charge in [0.1, 0.15) is 5.76 Å². The van der Waals surface area contributed by atoms with E-state index in [1.807, 2.05) is 32.0 Å². The molecular weight excluding hydrogens is 320 g/mol. The highest BCUT2D eigenvalue weighted by Gasteiger charge is 2.13. The Hall–Kier alpha value is -3.22. The van der Waals surface area contributed by atoms with Crippen LogP contribution in [0.4, 0.5) is 5.69 Å². The van der Waals surface area contributed by atoms with Crippen molar-refractivity contribution in [3.05, 3.63) is 63.8 Å². The van der Waals surface area contributed by atoms with Crippen LogP contribution in [0.15, 0.2) is 45.7 Å². The number of nitrogens with zero attached hydrogens (tertiary/aromatic N) is 2. The van der Waals surface area contributed by atoms with Crippen LogP contribution in [0.2, 0.25) is 0 Å². The third-order valence-corrected chi connectivity index (χ3v) is 3.94. The molecule has 128 valence electrons. The molecule has 25 heavy (non-hydrogen) atoms. The first kappa shape index (κ1) is 16.6. The monoisotopic (exact) mass is 338 g/mol. The third-order valence-electron chi connectivity index (χ3n) is 3.94. The molecule has 0 unspecified atom stereocenters. The van der Waals surface area contributed by atoms with E-state index in [1.165, 1.54) is 6.07 Å². The van der Waals surface area contributed by atoms with E-state index in [4.69, 9.17) is 4.52 Å². The van der Waals surface area contributed by atoms with Gasteiger partial charge in [-0.15, -0.1) is 0 Å². The molecule has 3 aromatic rings. The number of carbonyl (C=O) groups is 1. The lowest BCUT2D eigenvalue weighted by Crippen LogP contribution is -2.14. The van der Waals surface area contributed by atoms with E-state index in [-0.39, 0.29) is 11.5 Å². The molecule has 1 amide bonds. The molecule has 1 aromatic carbocycles. The quantitative estimate of drug-likeness (QED) is 0.745. The van der Waals surface area contributed by atoms with Crippen LogP contribution >= 0.6 is 0 Å². The zero-order chi connectivity index (χ0) is 17.8. The number of amides is 1. The maximum atomic E-state index is 12.3. The molecule has 2 heterocycles. The largest absolute Gasteiger partial charge is 0.361 e. The average molecular weight is 338 g/mol. The average Bonchev–Trinajstić information content (AvgIpc) is 2.93. The van der Waals surface area contributed by atoms with E-state index in [9.17, 15) is 9.59 Å². The predicted octanol–water partition coefficient (Wildman–Crippen LogP) is 2.61. The maximum absolute atomic E-state index is 12.3. The Balaban J connectivity index is 1.73. The fourth-order valence-corrected chi connectivity index (χ4v) is 2.62. The molecule has 0 spiro atoms. The number of anilines is 1. The van der Waals surface area contributed by atoms with Crippen LogP contribution in [-0.4, -0.2) is 21.3 Å². The highest BCUT2D eigenvalue weighted by molar-refractivity contribution is 5.95. The lowest BCUT2D eigenvalue weighted by atomic mass is 10.1. The molecule has 0 saturated carbocycles. The van der Waals surface area contributed by atoms with Crippen LogP contribution < -0.4 is 10.9 Å². The first-order valence-corrected chi connectivity index (χ1v) is 7.91. The topological polar surface area (TPSA) is 101 Å². The van der Waals surface area contributed by atoms with Crippen LogP contribution in [0.5, 0.6) is 0 Å². The van der Waals surface area contributed by atoms with Crippen molar-refractivity contribution in [1.82, 2.24) is 15.4 Å². The predicted molar refractivity (Wildman–Crippen MR) is 93.2 cm³/mol. The molecule has 0 atom stereocenters. The number of hydrogen-bond acceptors (Lipinski definition) is 5. The lowest BCUT2D eigenvalue weighted by molar-refractivity contribution is -0.116. The van der Waals surface area contributed by atoms with E-state index >= 15 is 0 Å². The molecule has 0 radical (unpaired) electrons. The summed E-state index contributed by atoms with van der Waals surface area (Å²) in [5, 5.41) is 13.2. The van der Waals surface area contributed by atoms with Gasteiger partial charge in [-0.25, -0.2) is 5.10 Å². The summed E-state index contributed by atoms with van der Waals surface area (Å²) in [7, 11) is 0. The van der Waals surface area contributed by atoms with Crippen molar-refractivity contribution in [2.24, 2.45) is 0 Å². The van der Waals surface area contributed by atoms with Gasteiger partial charge >= 0.3 is 0 Å². The molecule has 0 aliphatic rings. The summed E-state index contributed by atoms with van der Waals surface area (Å²) in [4.78, 5) is 23.5. The van der Waals surface area contributed by atoms with Crippen molar-refractivity contribution in [3.8, 4) is 11.3 Å². The number of aromatic amines is 1. The Labute approximate surface area is 144 Å². The van der Waals surface area contributed by atoms with Gasteiger partial charge in [0.25, 0.3) is 5.56 Å². The van der Waals surface area contributed by atoms with E-state index in [2.05, 4.69) is 20.7 Å². The van der Waals surface area contributed by atoms with Crippen LogP contribution in [0.1, 0.15) is 23.4 Å². The summed E-state index contributed by atoms with van der Waals surface area (Å²) >= 11 is 0. The van der Waals surface area contributed by atoms with Crippen molar-refractivity contribution in [3.63, 3.8) is 0 Å². The molecule has 7 heteroatoms. The minimum Gasteiger partial charge on any atom is -0.361 e. The van der Waals surface area contributed by atoms with Crippen LogP contribution in [0.25, 0.3) is 11.3 Å². The molecule has 3 rings (SSSR count). The second-order valence-electron chi connectivity index (χ2n) is 5.70.